The lowest BCUT2D eigenvalue weighted by atomic mass is 10.1. The molecule has 1 saturated carbocycles. The maximum atomic E-state index is 11.7. The zero-order valence-corrected chi connectivity index (χ0v) is 8.22. The van der Waals surface area contributed by atoms with E-state index < -0.39 is 0 Å². The van der Waals surface area contributed by atoms with Crippen molar-refractivity contribution in [1.82, 2.24) is 15.1 Å². The van der Waals surface area contributed by atoms with Crippen molar-refractivity contribution in [2.24, 2.45) is 0 Å². The minimum Gasteiger partial charge on any atom is -0.408 e. The van der Waals surface area contributed by atoms with Crippen molar-refractivity contribution in [3.05, 3.63) is 5.89 Å². The number of nitrogens with zero attached hydrogens (tertiary/aromatic N) is 3. The minimum atomic E-state index is 0.0305. The lowest BCUT2D eigenvalue weighted by Crippen LogP contribution is -2.27. The maximum Gasteiger partial charge on any atom is 0.312 e. The SMILES string of the molecule is Nc1nnc(C2CC(=O)N(C3CC3)C2)o1. The molecule has 1 atom stereocenters. The Hall–Kier alpha value is -1.59. The molecule has 0 aromatic carbocycles. The van der Waals surface area contributed by atoms with Crippen LogP contribution in [0.25, 0.3) is 0 Å². The van der Waals surface area contributed by atoms with Crippen LogP contribution in [-0.4, -0.2) is 33.6 Å². The van der Waals surface area contributed by atoms with Crippen molar-refractivity contribution >= 4 is 11.9 Å². The summed E-state index contributed by atoms with van der Waals surface area (Å²) in [6, 6.07) is 0.532. The summed E-state index contributed by atoms with van der Waals surface area (Å²) in [4.78, 5) is 13.6. The number of hydrogen-bond donors (Lipinski definition) is 1. The van der Waals surface area contributed by atoms with Gasteiger partial charge in [-0.1, -0.05) is 5.10 Å². The van der Waals surface area contributed by atoms with Gasteiger partial charge in [0.25, 0.3) is 0 Å². The number of aromatic nitrogens is 2. The fraction of sp³-hybridized carbons (Fsp3) is 0.667. The summed E-state index contributed by atoms with van der Waals surface area (Å²) in [5.41, 5.74) is 5.35. The molecule has 2 heterocycles. The van der Waals surface area contributed by atoms with E-state index in [2.05, 4.69) is 10.2 Å². The molecule has 15 heavy (non-hydrogen) atoms. The van der Waals surface area contributed by atoms with Gasteiger partial charge < -0.3 is 15.1 Å². The number of nitrogens with two attached hydrogens (primary N) is 1. The first-order valence-corrected chi connectivity index (χ1v) is 5.12. The van der Waals surface area contributed by atoms with Crippen LogP contribution in [0.1, 0.15) is 31.1 Å². The summed E-state index contributed by atoms with van der Waals surface area (Å²) >= 11 is 0. The number of amides is 1. The molecule has 2 aliphatic rings. The Bertz CT molecular complexity index is 399. The molecule has 1 saturated heterocycles. The van der Waals surface area contributed by atoms with Crippen LogP contribution >= 0.6 is 0 Å². The summed E-state index contributed by atoms with van der Waals surface area (Å²) in [7, 11) is 0. The minimum absolute atomic E-state index is 0.0305. The van der Waals surface area contributed by atoms with Crippen LogP contribution in [-0.2, 0) is 4.79 Å². The Morgan fingerprint density at radius 2 is 2.20 bits per heavy atom. The van der Waals surface area contributed by atoms with Crippen LogP contribution in [0.5, 0.6) is 0 Å². The van der Waals surface area contributed by atoms with Gasteiger partial charge in [0.15, 0.2) is 0 Å². The maximum absolute atomic E-state index is 11.7. The van der Waals surface area contributed by atoms with Gasteiger partial charge in [0, 0.05) is 19.0 Å². The Labute approximate surface area is 86.4 Å². The number of carbonyl (C=O) groups is 1. The molecule has 1 unspecified atom stereocenters. The fourth-order valence-corrected chi connectivity index (χ4v) is 2.05. The highest BCUT2D eigenvalue weighted by Gasteiger charge is 2.41. The van der Waals surface area contributed by atoms with E-state index >= 15 is 0 Å². The summed E-state index contributed by atoms with van der Waals surface area (Å²) in [6.07, 6.45) is 2.73. The fourth-order valence-electron chi connectivity index (χ4n) is 2.05. The first-order valence-electron chi connectivity index (χ1n) is 5.12. The van der Waals surface area contributed by atoms with E-state index in [1.54, 1.807) is 0 Å². The molecule has 0 bridgehead atoms. The Morgan fingerprint density at radius 1 is 1.40 bits per heavy atom. The number of likely N-dealkylation sites (tertiary alicyclic amines) is 1. The van der Waals surface area contributed by atoms with E-state index in [0.29, 0.717) is 24.9 Å². The molecule has 1 aliphatic heterocycles. The summed E-state index contributed by atoms with van der Waals surface area (Å²) < 4.78 is 5.14. The van der Waals surface area contributed by atoms with Gasteiger partial charge >= 0.3 is 6.01 Å². The van der Waals surface area contributed by atoms with E-state index in [-0.39, 0.29) is 17.8 Å². The standard InChI is InChI=1S/C9H12N4O2/c10-9-12-11-8(15-9)5-3-7(14)13(4-5)6-1-2-6/h5-6H,1-4H2,(H2,10,12). The average Bonchev–Trinajstić information content (AvgIpc) is 2.84. The molecule has 2 fully saturated rings. The van der Waals surface area contributed by atoms with Crippen molar-refractivity contribution < 1.29 is 9.21 Å². The highest BCUT2D eigenvalue weighted by atomic mass is 16.4. The first kappa shape index (κ1) is 8.70. The van der Waals surface area contributed by atoms with Crippen LogP contribution in [0.15, 0.2) is 4.42 Å². The van der Waals surface area contributed by atoms with Gasteiger partial charge in [0.1, 0.15) is 0 Å². The van der Waals surface area contributed by atoms with Gasteiger partial charge in [0.2, 0.25) is 11.8 Å². The molecule has 1 amide bonds. The van der Waals surface area contributed by atoms with Crippen LogP contribution in [0.4, 0.5) is 6.01 Å². The topological polar surface area (TPSA) is 85.2 Å². The second-order valence-electron chi connectivity index (χ2n) is 4.16. The largest absolute Gasteiger partial charge is 0.408 e. The monoisotopic (exact) mass is 208 g/mol. The van der Waals surface area contributed by atoms with E-state index in [9.17, 15) is 4.79 Å². The average molecular weight is 208 g/mol. The number of carbonyl (C=O) groups excluding carboxylic acids is 1. The Kier molecular flexibility index (Phi) is 1.71. The van der Waals surface area contributed by atoms with E-state index in [0.717, 1.165) is 12.8 Å². The van der Waals surface area contributed by atoms with Crippen molar-refractivity contribution in [1.29, 1.82) is 0 Å². The molecule has 1 aromatic rings. The Balaban J connectivity index is 1.76. The van der Waals surface area contributed by atoms with Gasteiger partial charge in [-0.05, 0) is 12.8 Å². The van der Waals surface area contributed by atoms with Crippen molar-refractivity contribution in [2.75, 3.05) is 12.3 Å². The number of anilines is 1. The second-order valence-corrected chi connectivity index (χ2v) is 4.16. The van der Waals surface area contributed by atoms with Crippen molar-refractivity contribution in [3.8, 4) is 0 Å². The summed E-state index contributed by atoms with van der Waals surface area (Å²) in [5, 5.41) is 7.43. The molecular formula is C9H12N4O2. The van der Waals surface area contributed by atoms with Crippen molar-refractivity contribution in [2.45, 2.75) is 31.2 Å². The number of hydrogen-bond acceptors (Lipinski definition) is 5. The molecule has 2 N–H and O–H groups in total. The van der Waals surface area contributed by atoms with E-state index in [4.69, 9.17) is 10.2 Å². The van der Waals surface area contributed by atoms with Crippen LogP contribution < -0.4 is 5.73 Å². The predicted molar refractivity (Wildman–Crippen MR) is 50.8 cm³/mol. The van der Waals surface area contributed by atoms with Crippen LogP contribution in [0.2, 0.25) is 0 Å². The second kappa shape index (κ2) is 2.95. The first-order chi connectivity index (χ1) is 7.24. The van der Waals surface area contributed by atoms with Gasteiger partial charge in [-0.15, -0.1) is 5.10 Å². The molecular weight excluding hydrogens is 196 g/mol. The zero-order chi connectivity index (χ0) is 10.4. The summed E-state index contributed by atoms with van der Waals surface area (Å²) in [6.45, 7) is 0.700. The normalized spacial score (nSPS) is 26.3. The zero-order valence-electron chi connectivity index (χ0n) is 8.22. The van der Waals surface area contributed by atoms with Crippen molar-refractivity contribution in [3.63, 3.8) is 0 Å². The molecule has 1 aromatic heterocycles. The van der Waals surface area contributed by atoms with Crippen LogP contribution in [0.3, 0.4) is 0 Å². The molecule has 80 valence electrons. The third-order valence-electron chi connectivity index (χ3n) is 2.95. The van der Waals surface area contributed by atoms with Gasteiger partial charge in [0.05, 0.1) is 5.92 Å². The lowest BCUT2D eigenvalue weighted by Gasteiger charge is -2.13. The number of nitrogen functional groups attached to an aromatic ring is 1. The highest BCUT2D eigenvalue weighted by molar-refractivity contribution is 5.80. The lowest BCUT2D eigenvalue weighted by molar-refractivity contribution is -0.128. The number of rotatable bonds is 2. The highest BCUT2D eigenvalue weighted by Crippen LogP contribution is 2.36. The molecule has 1 aliphatic carbocycles. The third kappa shape index (κ3) is 1.45. The van der Waals surface area contributed by atoms with Gasteiger partial charge in [-0.3, -0.25) is 4.79 Å². The Morgan fingerprint density at radius 3 is 2.80 bits per heavy atom. The molecule has 6 heteroatoms. The third-order valence-corrected chi connectivity index (χ3v) is 2.95. The predicted octanol–water partition coefficient (Wildman–Crippen LogP) is 0.130. The molecule has 0 radical (unpaired) electrons. The van der Waals surface area contributed by atoms with Gasteiger partial charge in [-0.25, -0.2) is 0 Å². The molecule has 3 rings (SSSR count). The molecule has 0 spiro atoms. The molecule has 6 nitrogen and oxygen atoms in total. The smallest absolute Gasteiger partial charge is 0.312 e. The van der Waals surface area contributed by atoms with Crippen LogP contribution in [0, 0.1) is 0 Å². The summed E-state index contributed by atoms with van der Waals surface area (Å²) in [5.74, 6) is 0.714. The quantitative estimate of drug-likeness (QED) is 0.746. The van der Waals surface area contributed by atoms with E-state index in [1.165, 1.54) is 0 Å². The van der Waals surface area contributed by atoms with E-state index in [1.807, 2.05) is 4.90 Å². The van der Waals surface area contributed by atoms with Gasteiger partial charge in [-0.2, -0.15) is 0 Å².